The van der Waals surface area contributed by atoms with Crippen molar-refractivity contribution < 1.29 is 0 Å². The van der Waals surface area contributed by atoms with Gasteiger partial charge in [0.1, 0.15) is 10.8 Å². The standard InChI is InChI=1S/C13H12ClN5S2/c1-8-17-18-13(19(8)15)21-7-11-6-20-12(16-11)9-2-4-10(14)5-3-9/h2-6H,7,15H2,1H3. The van der Waals surface area contributed by atoms with Crippen LogP contribution in [0.25, 0.3) is 10.6 Å². The maximum absolute atomic E-state index is 5.89. The average molecular weight is 338 g/mol. The number of halogens is 1. The molecular formula is C13H12ClN5S2. The number of nitrogen functional groups attached to an aromatic ring is 1. The van der Waals surface area contributed by atoms with E-state index in [1.807, 2.05) is 36.6 Å². The van der Waals surface area contributed by atoms with E-state index in [-0.39, 0.29) is 0 Å². The number of thioether (sulfide) groups is 1. The van der Waals surface area contributed by atoms with Gasteiger partial charge in [-0.15, -0.1) is 21.5 Å². The number of thiazole rings is 1. The fourth-order valence-corrected chi connectivity index (χ4v) is 3.54. The van der Waals surface area contributed by atoms with Crippen LogP contribution in [-0.4, -0.2) is 19.9 Å². The number of hydrogen-bond acceptors (Lipinski definition) is 6. The molecule has 21 heavy (non-hydrogen) atoms. The first-order valence-corrected chi connectivity index (χ1v) is 8.38. The fraction of sp³-hybridized carbons (Fsp3) is 0.154. The van der Waals surface area contributed by atoms with E-state index in [2.05, 4.69) is 15.2 Å². The molecule has 0 aliphatic heterocycles. The summed E-state index contributed by atoms with van der Waals surface area (Å²) in [6.07, 6.45) is 0. The molecule has 0 atom stereocenters. The maximum Gasteiger partial charge on any atom is 0.210 e. The summed E-state index contributed by atoms with van der Waals surface area (Å²) in [4.78, 5) is 4.62. The molecule has 0 bridgehead atoms. The largest absolute Gasteiger partial charge is 0.336 e. The molecule has 0 amide bonds. The third-order valence-corrected chi connectivity index (χ3v) is 5.00. The van der Waals surface area contributed by atoms with Crippen molar-refractivity contribution in [2.24, 2.45) is 0 Å². The Balaban J connectivity index is 1.70. The Bertz CT molecular complexity index is 750. The maximum atomic E-state index is 5.89. The molecule has 108 valence electrons. The van der Waals surface area contributed by atoms with Gasteiger partial charge in [0.05, 0.1) is 5.69 Å². The monoisotopic (exact) mass is 337 g/mol. The quantitative estimate of drug-likeness (QED) is 0.584. The molecule has 0 saturated carbocycles. The lowest BCUT2D eigenvalue weighted by molar-refractivity contribution is 0.825. The second-order valence-corrected chi connectivity index (χ2v) is 6.58. The summed E-state index contributed by atoms with van der Waals surface area (Å²) >= 11 is 9.02. The summed E-state index contributed by atoms with van der Waals surface area (Å²) in [7, 11) is 0. The summed E-state index contributed by atoms with van der Waals surface area (Å²) in [5.74, 6) is 7.22. The molecule has 0 unspecified atom stereocenters. The second-order valence-electron chi connectivity index (χ2n) is 4.34. The Hall–Kier alpha value is -1.57. The van der Waals surface area contributed by atoms with Crippen molar-refractivity contribution >= 4 is 34.7 Å². The highest BCUT2D eigenvalue weighted by atomic mass is 35.5. The Kier molecular flexibility index (Phi) is 4.14. The minimum Gasteiger partial charge on any atom is -0.336 e. The summed E-state index contributed by atoms with van der Waals surface area (Å²) in [6, 6.07) is 7.68. The van der Waals surface area contributed by atoms with Crippen LogP contribution in [0.1, 0.15) is 11.5 Å². The highest BCUT2D eigenvalue weighted by Crippen LogP contribution is 2.27. The van der Waals surface area contributed by atoms with Crippen LogP contribution in [0.15, 0.2) is 34.8 Å². The van der Waals surface area contributed by atoms with E-state index in [1.54, 1.807) is 11.3 Å². The summed E-state index contributed by atoms with van der Waals surface area (Å²) in [5.41, 5.74) is 2.06. The Morgan fingerprint density at radius 1 is 1.29 bits per heavy atom. The van der Waals surface area contributed by atoms with Crippen LogP contribution in [0.5, 0.6) is 0 Å². The molecule has 1 aromatic carbocycles. The molecule has 2 aromatic heterocycles. The van der Waals surface area contributed by atoms with Gasteiger partial charge in [0.2, 0.25) is 5.16 Å². The predicted molar refractivity (Wildman–Crippen MR) is 87.0 cm³/mol. The lowest BCUT2D eigenvalue weighted by Crippen LogP contribution is -2.11. The van der Waals surface area contributed by atoms with E-state index in [1.165, 1.54) is 16.4 Å². The Morgan fingerprint density at radius 2 is 2.05 bits per heavy atom. The van der Waals surface area contributed by atoms with Crippen molar-refractivity contribution in [2.45, 2.75) is 17.8 Å². The molecule has 2 N–H and O–H groups in total. The Morgan fingerprint density at radius 3 is 2.71 bits per heavy atom. The number of nitrogens with zero attached hydrogens (tertiary/aromatic N) is 4. The Labute approximate surface area is 135 Å². The third-order valence-electron chi connectivity index (χ3n) is 2.83. The first-order valence-electron chi connectivity index (χ1n) is 6.14. The first kappa shape index (κ1) is 14.4. The zero-order chi connectivity index (χ0) is 14.8. The van der Waals surface area contributed by atoms with E-state index in [0.717, 1.165) is 21.3 Å². The molecule has 0 aliphatic rings. The third kappa shape index (κ3) is 3.20. The van der Waals surface area contributed by atoms with Gasteiger partial charge in [0.25, 0.3) is 0 Å². The van der Waals surface area contributed by atoms with Crippen molar-refractivity contribution in [1.82, 2.24) is 19.9 Å². The molecule has 8 heteroatoms. The number of hydrogen-bond donors (Lipinski definition) is 1. The second kappa shape index (κ2) is 6.05. The van der Waals surface area contributed by atoms with Crippen LogP contribution in [0, 0.1) is 6.92 Å². The average Bonchev–Trinajstić information content (AvgIpc) is 3.07. The molecular weight excluding hydrogens is 326 g/mol. The molecule has 0 aliphatic carbocycles. The first-order chi connectivity index (χ1) is 10.1. The van der Waals surface area contributed by atoms with Gasteiger partial charge in [0.15, 0.2) is 0 Å². The molecule has 5 nitrogen and oxygen atoms in total. The molecule has 0 spiro atoms. The highest BCUT2D eigenvalue weighted by Gasteiger charge is 2.09. The van der Waals surface area contributed by atoms with E-state index in [9.17, 15) is 0 Å². The van der Waals surface area contributed by atoms with Crippen LogP contribution in [0.2, 0.25) is 5.02 Å². The van der Waals surface area contributed by atoms with Crippen LogP contribution < -0.4 is 5.84 Å². The lowest BCUT2D eigenvalue weighted by atomic mass is 10.2. The van der Waals surface area contributed by atoms with E-state index >= 15 is 0 Å². The highest BCUT2D eigenvalue weighted by molar-refractivity contribution is 7.98. The van der Waals surface area contributed by atoms with Gasteiger partial charge in [-0.1, -0.05) is 35.5 Å². The number of benzene rings is 1. The van der Waals surface area contributed by atoms with Crippen molar-refractivity contribution in [2.75, 3.05) is 5.84 Å². The number of nitrogens with two attached hydrogens (primary N) is 1. The minimum atomic E-state index is 0.688. The SMILES string of the molecule is Cc1nnc(SCc2csc(-c3ccc(Cl)cc3)n2)n1N. The van der Waals surface area contributed by atoms with E-state index in [4.69, 9.17) is 17.4 Å². The van der Waals surface area contributed by atoms with Gasteiger partial charge in [-0.25, -0.2) is 9.66 Å². The number of aromatic nitrogens is 4. The lowest BCUT2D eigenvalue weighted by Gasteiger charge is -1.99. The van der Waals surface area contributed by atoms with Gasteiger partial charge in [-0.3, -0.25) is 0 Å². The minimum absolute atomic E-state index is 0.688. The molecule has 3 aromatic rings. The van der Waals surface area contributed by atoms with Gasteiger partial charge in [-0.2, -0.15) is 0 Å². The zero-order valence-corrected chi connectivity index (χ0v) is 13.5. The summed E-state index contributed by atoms with van der Waals surface area (Å²) in [6.45, 7) is 1.82. The molecule has 0 saturated heterocycles. The van der Waals surface area contributed by atoms with E-state index in [0.29, 0.717) is 16.7 Å². The number of rotatable bonds is 4. The fourth-order valence-electron chi connectivity index (χ4n) is 1.69. The normalized spacial score (nSPS) is 11.0. The predicted octanol–water partition coefficient (Wildman–Crippen LogP) is 3.37. The van der Waals surface area contributed by atoms with Crippen molar-refractivity contribution in [1.29, 1.82) is 0 Å². The molecule has 0 fully saturated rings. The summed E-state index contributed by atoms with van der Waals surface area (Å²) < 4.78 is 1.48. The van der Waals surface area contributed by atoms with Crippen LogP contribution in [0.4, 0.5) is 0 Å². The van der Waals surface area contributed by atoms with Gasteiger partial charge in [-0.05, 0) is 19.1 Å². The van der Waals surface area contributed by atoms with Crippen molar-refractivity contribution in [3.63, 3.8) is 0 Å². The topological polar surface area (TPSA) is 69.6 Å². The molecule has 3 rings (SSSR count). The summed E-state index contributed by atoms with van der Waals surface area (Å²) in [5, 5.41) is 12.4. The van der Waals surface area contributed by atoms with Gasteiger partial charge in [0, 0.05) is 21.7 Å². The smallest absolute Gasteiger partial charge is 0.210 e. The van der Waals surface area contributed by atoms with Crippen LogP contribution >= 0.6 is 34.7 Å². The van der Waals surface area contributed by atoms with E-state index < -0.39 is 0 Å². The van der Waals surface area contributed by atoms with Crippen LogP contribution in [0.3, 0.4) is 0 Å². The van der Waals surface area contributed by atoms with Crippen molar-refractivity contribution in [3.05, 3.63) is 46.2 Å². The molecule has 2 heterocycles. The van der Waals surface area contributed by atoms with Crippen LogP contribution in [-0.2, 0) is 5.75 Å². The molecule has 0 radical (unpaired) electrons. The van der Waals surface area contributed by atoms with Crippen molar-refractivity contribution in [3.8, 4) is 10.6 Å². The zero-order valence-electron chi connectivity index (χ0n) is 11.2. The van der Waals surface area contributed by atoms with Gasteiger partial charge >= 0.3 is 0 Å². The van der Waals surface area contributed by atoms with Gasteiger partial charge < -0.3 is 5.84 Å². The number of aryl methyl sites for hydroxylation is 1.